The average Bonchev–Trinajstić information content (AvgIpc) is 3.09. The van der Waals surface area contributed by atoms with Gasteiger partial charge in [-0.2, -0.15) is 0 Å². The summed E-state index contributed by atoms with van der Waals surface area (Å²) in [5, 5.41) is 9.24. The quantitative estimate of drug-likeness (QED) is 0.678. The maximum Gasteiger partial charge on any atom is 0.336 e. The van der Waals surface area contributed by atoms with E-state index in [-0.39, 0.29) is 11.5 Å². The highest BCUT2D eigenvalue weighted by atomic mass is 32.2. The molecule has 0 spiro atoms. The summed E-state index contributed by atoms with van der Waals surface area (Å²) in [6, 6.07) is 9.96. The maximum absolute atomic E-state index is 12.0. The molecule has 1 amide bonds. The molecule has 116 valence electrons. The first kappa shape index (κ1) is 15.5. The van der Waals surface area contributed by atoms with E-state index in [1.165, 1.54) is 22.7 Å². The third kappa shape index (κ3) is 2.93. The van der Waals surface area contributed by atoms with Gasteiger partial charge in [0.1, 0.15) is 15.8 Å². The number of nitrogens with zero attached hydrogens (tertiary/aromatic N) is 1. The molecule has 0 radical (unpaired) electrons. The van der Waals surface area contributed by atoms with Crippen molar-refractivity contribution in [1.29, 1.82) is 0 Å². The summed E-state index contributed by atoms with van der Waals surface area (Å²) in [4.78, 5) is 25.1. The van der Waals surface area contributed by atoms with E-state index in [9.17, 15) is 14.7 Å². The molecule has 0 atom stereocenters. The molecule has 1 aliphatic heterocycles. The van der Waals surface area contributed by atoms with Crippen LogP contribution in [0.1, 0.15) is 16.1 Å². The molecular weight excluding hydrogens is 334 g/mol. The van der Waals surface area contributed by atoms with Gasteiger partial charge in [-0.25, -0.2) is 4.79 Å². The molecule has 2 aromatic rings. The van der Waals surface area contributed by atoms with Crippen LogP contribution >= 0.6 is 24.0 Å². The number of likely N-dealkylation sites (N-methyl/N-ethyl adjacent to an activating group) is 1. The Hall–Kier alpha value is -2.38. The lowest BCUT2D eigenvalue weighted by Gasteiger charge is -2.03. The van der Waals surface area contributed by atoms with Gasteiger partial charge in [0.15, 0.2) is 0 Å². The highest BCUT2D eigenvalue weighted by Gasteiger charge is 2.29. The molecule has 3 rings (SSSR count). The lowest BCUT2D eigenvalue weighted by atomic mass is 10.1. The second-order valence-electron chi connectivity index (χ2n) is 4.79. The summed E-state index contributed by atoms with van der Waals surface area (Å²) in [5.74, 6) is -0.301. The number of thiocarbonyl (C=S) groups is 1. The van der Waals surface area contributed by atoms with E-state index in [1.807, 2.05) is 0 Å². The standard InChI is InChI=1S/C16H11NO4S2/c1-17-14(18)13(23-16(17)22)8-9-6-7-12(21-9)10-4-2-3-5-11(10)15(19)20/h2-8H,1H3,(H,19,20)/b13-8+. The topological polar surface area (TPSA) is 70.8 Å². The van der Waals surface area contributed by atoms with Crippen LogP contribution < -0.4 is 0 Å². The molecule has 0 bridgehead atoms. The van der Waals surface area contributed by atoms with Crippen LogP contribution in [-0.4, -0.2) is 33.3 Å². The summed E-state index contributed by atoms with van der Waals surface area (Å²) in [5.41, 5.74) is 0.649. The zero-order chi connectivity index (χ0) is 16.6. The highest BCUT2D eigenvalue weighted by molar-refractivity contribution is 8.26. The molecule has 0 saturated carbocycles. The highest BCUT2D eigenvalue weighted by Crippen LogP contribution is 2.33. The van der Waals surface area contributed by atoms with Crippen LogP contribution in [0.15, 0.2) is 45.7 Å². The van der Waals surface area contributed by atoms with E-state index in [2.05, 4.69) is 0 Å². The Morgan fingerprint density at radius 2 is 2.04 bits per heavy atom. The second kappa shape index (κ2) is 6.02. The third-order valence-electron chi connectivity index (χ3n) is 3.31. The number of benzene rings is 1. The first-order valence-electron chi connectivity index (χ1n) is 6.61. The van der Waals surface area contributed by atoms with E-state index in [0.717, 1.165) is 0 Å². The lowest BCUT2D eigenvalue weighted by molar-refractivity contribution is -0.121. The minimum absolute atomic E-state index is 0.160. The van der Waals surface area contributed by atoms with E-state index in [4.69, 9.17) is 16.6 Å². The molecule has 1 aromatic heterocycles. The number of hydrogen-bond acceptors (Lipinski definition) is 5. The van der Waals surface area contributed by atoms with Crippen LogP contribution in [0.3, 0.4) is 0 Å². The van der Waals surface area contributed by atoms with Crippen LogP contribution in [0.2, 0.25) is 0 Å². The Bertz CT molecular complexity index is 853. The number of amides is 1. The zero-order valence-corrected chi connectivity index (χ0v) is 13.6. The molecule has 0 aliphatic carbocycles. The van der Waals surface area contributed by atoms with Gasteiger partial charge in [0.25, 0.3) is 5.91 Å². The van der Waals surface area contributed by atoms with E-state index >= 15 is 0 Å². The predicted octanol–water partition coefficient (Wildman–Crippen LogP) is 3.48. The molecule has 1 N–H and O–H groups in total. The first-order valence-corrected chi connectivity index (χ1v) is 7.84. The Morgan fingerprint density at radius 3 is 2.70 bits per heavy atom. The molecule has 7 heteroatoms. The molecule has 23 heavy (non-hydrogen) atoms. The van der Waals surface area contributed by atoms with Crippen LogP contribution in [0.5, 0.6) is 0 Å². The number of aromatic carboxylic acids is 1. The van der Waals surface area contributed by atoms with E-state index < -0.39 is 5.97 Å². The normalized spacial score (nSPS) is 16.4. The van der Waals surface area contributed by atoms with Gasteiger partial charge >= 0.3 is 5.97 Å². The Labute approximate surface area is 141 Å². The monoisotopic (exact) mass is 345 g/mol. The van der Waals surface area contributed by atoms with Gasteiger partial charge < -0.3 is 9.52 Å². The predicted molar refractivity (Wildman–Crippen MR) is 92.0 cm³/mol. The summed E-state index contributed by atoms with van der Waals surface area (Å²) < 4.78 is 6.16. The summed E-state index contributed by atoms with van der Waals surface area (Å²) in [6.07, 6.45) is 1.61. The van der Waals surface area contributed by atoms with Gasteiger partial charge in [-0.15, -0.1) is 0 Å². The molecule has 5 nitrogen and oxygen atoms in total. The number of carbonyl (C=O) groups is 2. The fraction of sp³-hybridized carbons (Fsp3) is 0.0625. The number of rotatable bonds is 3. The van der Waals surface area contributed by atoms with Crippen molar-refractivity contribution >= 4 is 46.3 Å². The summed E-state index contributed by atoms with van der Waals surface area (Å²) in [6.45, 7) is 0. The zero-order valence-electron chi connectivity index (χ0n) is 12.0. The number of carbonyl (C=O) groups excluding carboxylic acids is 1. The van der Waals surface area contributed by atoms with Crippen molar-refractivity contribution in [2.24, 2.45) is 0 Å². The smallest absolute Gasteiger partial charge is 0.336 e. The van der Waals surface area contributed by atoms with Gasteiger partial charge in [-0.1, -0.05) is 42.2 Å². The molecule has 1 aliphatic rings. The number of thioether (sulfide) groups is 1. The van der Waals surface area contributed by atoms with Crippen molar-refractivity contribution in [3.05, 3.63) is 52.6 Å². The second-order valence-corrected chi connectivity index (χ2v) is 6.47. The minimum atomic E-state index is -1.02. The van der Waals surface area contributed by atoms with Crippen LogP contribution in [-0.2, 0) is 4.79 Å². The summed E-state index contributed by atoms with van der Waals surface area (Å²) >= 11 is 6.28. The van der Waals surface area contributed by atoms with E-state index in [0.29, 0.717) is 26.3 Å². The number of carboxylic acid groups (broad SMARTS) is 1. The number of carboxylic acids is 1. The van der Waals surface area contributed by atoms with Crippen LogP contribution in [0.4, 0.5) is 0 Å². The largest absolute Gasteiger partial charge is 0.478 e. The third-order valence-corrected chi connectivity index (χ3v) is 4.79. The molecule has 1 fully saturated rings. The van der Waals surface area contributed by atoms with Gasteiger partial charge in [0, 0.05) is 18.7 Å². The number of furan rings is 1. The van der Waals surface area contributed by atoms with Crippen LogP contribution in [0.25, 0.3) is 17.4 Å². The Balaban J connectivity index is 1.95. The van der Waals surface area contributed by atoms with Gasteiger partial charge in [0.05, 0.1) is 10.5 Å². The van der Waals surface area contributed by atoms with Crippen molar-refractivity contribution in [2.75, 3.05) is 7.05 Å². The van der Waals surface area contributed by atoms with Crippen molar-refractivity contribution in [3.8, 4) is 11.3 Å². The minimum Gasteiger partial charge on any atom is -0.478 e. The molecule has 2 heterocycles. The lowest BCUT2D eigenvalue weighted by Crippen LogP contribution is -2.22. The molecule has 0 unspecified atom stereocenters. The average molecular weight is 345 g/mol. The fourth-order valence-corrected chi connectivity index (χ4v) is 3.29. The van der Waals surface area contributed by atoms with Crippen molar-refractivity contribution in [3.63, 3.8) is 0 Å². The maximum atomic E-state index is 12.0. The fourth-order valence-electron chi connectivity index (χ4n) is 2.13. The van der Waals surface area contributed by atoms with Crippen molar-refractivity contribution < 1.29 is 19.1 Å². The number of hydrogen-bond donors (Lipinski definition) is 1. The Kier molecular flexibility index (Phi) is 4.06. The van der Waals surface area contributed by atoms with Gasteiger partial charge in [-0.05, 0) is 18.2 Å². The molecule has 1 saturated heterocycles. The Morgan fingerprint density at radius 1 is 1.30 bits per heavy atom. The first-order chi connectivity index (χ1) is 11.0. The summed E-state index contributed by atoms with van der Waals surface area (Å²) in [7, 11) is 1.62. The van der Waals surface area contributed by atoms with Crippen LogP contribution in [0, 0.1) is 0 Å². The molecule has 1 aromatic carbocycles. The van der Waals surface area contributed by atoms with Gasteiger partial charge in [-0.3, -0.25) is 9.69 Å². The molecular formula is C16H11NO4S2. The SMILES string of the molecule is CN1C(=O)/C(=C\c2ccc(-c3ccccc3C(=O)O)o2)SC1=S. The van der Waals surface area contributed by atoms with Crippen molar-refractivity contribution in [1.82, 2.24) is 4.90 Å². The van der Waals surface area contributed by atoms with Crippen molar-refractivity contribution in [2.45, 2.75) is 0 Å². The van der Waals surface area contributed by atoms with E-state index in [1.54, 1.807) is 43.5 Å². The van der Waals surface area contributed by atoms with Gasteiger partial charge in [0.2, 0.25) is 0 Å².